The molecule has 0 aliphatic carbocycles. The summed E-state index contributed by atoms with van der Waals surface area (Å²) in [7, 11) is 0. The third kappa shape index (κ3) is 2.63. The number of primary amides is 1. The van der Waals surface area contributed by atoms with Crippen LogP contribution in [0.3, 0.4) is 0 Å². The second-order valence-electron chi connectivity index (χ2n) is 3.77. The number of nitrogens with two attached hydrogens (primary N) is 2. The van der Waals surface area contributed by atoms with Crippen LogP contribution in [0.15, 0.2) is 33.0 Å². The highest BCUT2D eigenvalue weighted by molar-refractivity contribution is 7.99. The summed E-state index contributed by atoms with van der Waals surface area (Å²) in [4.78, 5) is 23.4. The molecule has 0 fully saturated rings. The molecule has 7 nitrogen and oxygen atoms in total. The Labute approximate surface area is 113 Å². The van der Waals surface area contributed by atoms with Crippen molar-refractivity contribution in [1.82, 2.24) is 14.8 Å². The highest BCUT2D eigenvalue weighted by Crippen LogP contribution is 2.27. The summed E-state index contributed by atoms with van der Waals surface area (Å²) in [5.41, 5.74) is 11.2. The first-order valence-corrected chi connectivity index (χ1v) is 6.37. The maximum atomic E-state index is 11.4. The molecule has 0 unspecified atom stereocenters. The molecule has 0 saturated carbocycles. The van der Waals surface area contributed by atoms with Gasteiger partial charge in [0.1, 0.15) is 0 Å². The number of hydrogen-bond donors (Lipinski definition) is 3. The first-order valence-electron chi connectivity index (χ1n) is 5.55. The van der Waals surface area contributed by atoms with Gasteiger partial charge in [0, 0.05) is 17.1 Å². The van der Waals surface area contributed by atoms with Crippen molar-refractivity contribution in [2.45, 2.75) is 23.5 Å². The van der Waals surface area contributed by atoms with Crippen LogP contribution < -0.4 is 17.2 Å². The van der Waals surface area contributed by atoms with E-state index in [1.165, 1.54) is 16.3 Å². The van der Waals surface area contributed by atoms with Gasteiger partial charge in [0.05, 0.1) is 5.56 Å². The minimum atomic E-state index is -0.588. The molecule has 1 aromatic carbocycles. The number of aromatic amines is 1. The Morgan fingerprint density at radius 1 is 1.53 bits per heavy atom. The number of H-pyrrole nitrogens is 1. The number of hydrogen-bond acceptors (Lipinski definition) is 5. The predicted molar refractivity (Wildman–Crippen MR) is 72.0 cm³/mol. The molecule has 1 amide bonds. The number of amides is 1. The van der Waals surface area contributed by atoms with Crippen molar-refractivity contribution >= 4 is 23.4 Å². The van der Waals surface area contributed by atoms with Gasteiger partial charge in [-0.25, -0.2) is 9.89 Å². The van der Waals surface area contributed by atoms with Crippen LogP contribution in [0.2, 0.25) is 0 Å². The highest BCUT2D eigenvalue weighted by Gasteiger charge is 2.11. The van der Waals surface area contributed by atoms with E-state index in [9.17, 15) is 9.59 Å². The molecule has 5 N–H and O–H groups in total. The van der Waals surface area contributed by atoms with E-state index in [2.05, 4.69) is 10.2 Å². The van der Waals surface area contributed by atoms with Gasteiger partial charge in [0.2, 0.25) is 0 Å². The van der Waals surface area contributed by atoms with Gasteiger partial charge in [-0.05, 0) is 36.9 Å². The van der Waals surface area contributed by atoms with Crippen LogP contribution >= 0.6 is 11.8 Å². The van der Waals surface area contributed by atoms with E-state index in [1.54, 1.807) is 18.2 Å². The molecule has 0 aliphatic rings. The molecule has 1 heterocycles. The average molecular weight is 279 g/mol. The second-order valence-corrected chi connectivity index (χ2v) is 4.81. The maximum Gasteiger partial charge on any atom is 0.343 e. The second kappa shape index (κ2) is 5.19. The number of benzene rings is 1. The molecule has 0 radical (unpaired) electrons. The molecule has 2 aromatic rings. The summed E-state index contributed by atoms with van der Waals surface area (Å²) in [5.74, 6) is -0.588. The van der Waals surface area contributed by atoms with Crippen LogP contribution in [-0.4, -0.2) is 20.7 Å². The number of carbonyl (C=O) groups excluding carboxylic acids is 1. The minimum Gasteiger partial charge on any atom is -0.398 e. The zero-order valence-electron chi connectivity index (χ0n) is 10.2. The van der Waals surface area contributed by atoms with E-state index in [-0.39, 0.29) is 11.3 Å². The molecule has 0 atom stereocenters. The number of carbonyl (C=O) groups is 1. The summed E-state index contributed by atoms with van der Waals surface area (Å²) in [5, 5.41) is 6.82. The van der Waals surface area contributed by atoms with Crippen LogP contribution in [0, 0.1) is 0 Å². The van der Waals surface area contributed by atoms with Gasteiger partial charge in [-0.1, -0.05) is 0 Å². The molecular weight excluding hydrogens is 266 g/mol. The largest absolute Gasteiger partial charge is 0.398 e. The fraction of sp³-hybridized carbons (Fsp3) is 0.182. The highest BCUT2D eigenvalue weighted by atomic mass is 32.2. The Kier molecular flexibility index (Phi) is 3.61. The van der Waals surface area contributed by atoms with E-state index in [1.807, 2.05) is 6.92 Å². The van der Waals surface area contributed by atoms with E-state index in [0.717, 1.165) is 4.90 Å². The van der Waals surface area contributed by atoms with Gasteiger partial charge in [-0.3, -0.25) is 9.36 Å². The number of nitrogens with zero attached hydrogens (tertiary/aromatic N) is 2. The average Bonchev–Trinajstić information content (AvgIpc) is 2.72. The maximum absolute atomic E-state index is 11.4. The predicted octanol–water partition coefficient (Wildman–Crippen LogP) is 0.424. The van der Waals surface area contributed by atoms with Gasteiger partial charge in [-0.2, -0.15) is 0 Å². The Morgan fingerprint density at radius 3 is 2.89 bits per heavy atom. The third-order valence-corrected chi connectivity index (χ3v) is 3.52. The van der Waals surface area contributed by atoms with Gasteiger partial charge < -0.3 is 11.5 Å². The normalized spacial score (nSPS) is 10.6. The van der Waals surface area contributed by atoms with Gasteiger partial charge >= 0.3 is 5.69 Å². The van der Waals surface area contributed by atoms with Crippen molar-refractivity contribution in [1.29, 1.82) is 0 Å². The molecule has 2 rings (SSSR count). The quantitative estimate of drug-likeness (QED) is 0.701. The number of nitrogen functional groups attached to an aromatic ring is 1. The summed E-state index contributed by atoms with van der Waals surface area (Å²) in [6.45, 7) is 2.36. The topological polar surface area (TPSA) is 120 Å². The summed E-state index contributed by atoms with van der Waals surface area (Å²) >= 11 is 1.26. The lowest BCUT2D eigenvalue weighted by atomic mass is 10.2. The number of nitrogens with one attached hydrogen (secondary N) is 1. The summed E-state index contributed by atoms with van der Waals surface area (Å²) in [6.07, 6.45) is 0. The Bertz CT molecular complexity index is 676. The first-order chi connectivity index (χ1) is 9.02. The lowest BCUT2D eigenvalue weighted by molar-refractivity contribution is 0.100. The van der Waals surface area contributed by atoms with E-state index >= 15 is 0 Å². The number of aromatic nitrogens is 3. The van der Waals surface area contributed by atoms with Gasteiger partial charge in [0.25, 0.3) is 5.91 Å². The lowest BCUT2D eigenvalue weighted by Gasteiger charge is -2.05. The standard InChI is InChI=1S/C11H13N5O2S/c1-2-16-10(18)14-15-11(16)19-6-3-4-8(12)7(5-6)9(13)17/h3-5H,2,12H2,1H3,(H2,13,17)(H,14,18). The first kappa shape index (κ1) is 13.2. The molecule has 19 heavy (non-hydrogen) atoms. The van der Waals surface area contributed by atoms with Gasteiger partial charge in [-0.15, -0.1) is 5.10 Å². The number of anilines is 1. The van der Waals surface area contributed by atoms with Crippen LogP contribution in [0.5, 0.6) is 0 Å². The molecule has 0 aliphatic heterocycles. The molecule has 0 saturated heterocycles. The molecule has 0 bridgehead atoms. The van der Waals surface area contributed by atoms with E-state index < -0.39 is 5.91 Å². The fourth-order valence-electron chi connectivity index (χ4n) is 1.58. The van der Waals surface area contributed by atoms with Crippen molar-refractivity contribution < 1.29 is 4.79 Å². The lowest BCUT2D eigenvalue weighted by Crippen LogP contribution is -2.16. The summed E-state index contributed by atoms with van der Waals surface area (Å²) < 4.78 is 1.49. The zero-order chi connectivity index (χ0) is 14.0. The van der Waals surface area contributed by atoms with Crippen LogP contribution in [-0.2, 0) is 6.54 Å². The molecule has 1 aromatic heterocycles. The molecule has 8 heteroatoms. The van der Waals surface area contributed by atoms with Crippen LogP contribution in [0.1, 0.15) is 17.3 Å². The van der Waals surface area contributed by atoms with Crippen molar-refractivity contribution in [2.75, 3.05) is 5.73 Å². The van der Waals surface area contributed by atoms with E-state index in [0.29, 0.717) is 17.4 Å². The fourth-order valence-corrected chi connectivity index (χ4v) is 2.51. The smallest absolute Gasteiger partial charge is 0.343 e. The van der Waals surface area contributed by atoms with Crippen molar-refractivity contribution in [3.63, 3.8) is 0 Å². The van der Waals surface area contributed by atoms with Crippen molar-refractivity contribution in [3.05, 3.63) is 34.2 Å². The van der Waals surface area contributed by atoms with E-state index in [4.69, 9.17) is 11.5 Å². The monoisotopic (exact) mass is 279 g/mol. The minimum absolute atomic E-state index is 0.255. The molecule has 100 valence electrons. The summed E-state index contributed by atoms with van der Waals surface area (Å²) in [6, 6.07) is 4.93. The molecule has 0 spiro atoms. The van der Waals surface area contributed by atoms with Crippen molar-refractivity contribution in [2.24, 2.45) is 5.73 Å². The molecular formula is C11H13N5O2S. The Morgan fingerprint density at radius 2 is 2.26 bits per heavy atom. The van der Waals surface area contributed by atoms with Crippen LogP contribution in [0.4, 0.5) is 5.69 Å². The third-order valence-electron chi connectivity index (χ3n) is 2.54. The van der Waals surface area contributed by atoms with Gasteiger partial charge in [0.15, 0.2) is 5.16 Å². The van der Waals surface area contributed by atoms with Crippen molar-refractivity contribution in [3.8, 4) is 0 Å². The Hall–Kier alpha value is -2.22. The SMILES string of the molecule is CCn1c(Sc2ccc(N)c(C(N)=O)c2)n[nH]c1=O. The van der Waals surface area contributed by atoms with Crippen LogP contribution in [0.25, 0.3) is 0 Å². The number of rotatable bonds is 4. The Balaban J connectivity index is 2.36. The zero-order valence-corrected chi connectivity index (χ0v) is 11.0.